The van der Waals surface area contributed by atoms with Crippen molar-refractivity contribution < 1.29 is 19.1 Å². The molecule has 0 bridgehead atoms. The summed E-state index contributed by atoms with van der Waals surface area (Å²) in [7, 11) is 0. The van der Waals surface area contributed by atoms with Crippen LogP contribution in [-0.4, -0.2) is 38.5 Å². The predicted octanol–water partition coefficient (Wildman–Crippen LogP) is 2.66. The van der Waals surface area contributed by atoms with Crippen LogP contribution < -0.4 is 5.32 Å². The highest BCUT2D eigenvalue weighted by molar-refractivity contribution is 5.82. The molecule has 0 saturated heterocycles. The van der Waals surface area contributed by atoms with Gasteiger partial charge in [0.15, 0.2) is 0 Å². The summed E-state index contributed by atoms with van der Waals surface area (Å²) in [5.74, 6) is -1.16. The highest BCUT2D eigenvalue weighted by Crippen LogP contribution is 2.12. The van der Waals surface area contributed by atoms with E-state index in [1.54, 1.807) is 29.2 Å². The van der Waals surface area contributed by atoms with E-state index in [0.717, 1.165) is 5.56 Å². The Labute approximate surface area is 158 Å². The lowest BCUT2D eigenvalue weighted by atomic mass is 9.99. The number of benzene rings is 1. The average Bonchev–Trinajstić information content (AvgIpc) is 2.99. The zero-order valence-corrected chi connectivity index (χ0v) is 15.9. The Morgan fingerprint density at radius 1 is 1.30 bits per heavy atom. The number of halogens is 1. The summed E-state index contributed by atoms with van der Waals surface area (Å²) in [5, 5.41) is 12.6. The van der Waals surface area contributed by atoms with Gasteiger partial charge < -0.3 is 9.67 Å². The van der Waals surface area contributed by atoms with Crippen molar-refractivity contribution in [1.82, 2.24) is 14.9 Å². The number of imidazole rings is 1. The number of hydrogen-bond acceptors (Lipinski definition) is 4. The quantitative estimate of drug-likeness (QED) is 0.667. The summed E-state index contributed by atoms with van der Waals surface area (Å²) >= 11 is 0. The first-order valence-electron chi connectivity index (χ1n) is 8.99. The molecule has 1 unspecified atom stereocenters. The lowest BCUT2D eigenvalue weighted by molar-refractivity contribution is -0.139. The summed E-state index contributed by atoms with van der Waals surface area (Å²) in [6, 6.07) is 4.82. The van der Waals surface area contributed by atoms with Crippen molar-refractivity contribution in [2.24, 2.45) is 5.92 Å². The molecule has 1 heterocycles. The summed E-state index contributed by atoms with van der Waals surface area (Å²) in [5.41, 5.74) is 1.46. The minimum Gasteiger partial charge on any atom is -0.480 e. The molecule has 0 amide bonds. The molecule has 0 aliphatic rings. The molecular formula is C20H26FN3O3. The minimum absolute atomic E-state index is 0.0804. The number of carbonyl (C=O) groups excluding carboxylic acids is 1. The normalized spacial score (nSPS) is 13.5. The maximum absolute atomic E-state index is 13.4. The van der Waals surface area contributed by atoms with Crippen LogP contribution in [0.5, 0.6) is 0 Å². The molecule has 2 N–H and O–H groups in total. The molecule has 27 heavy (non-hydrogen) atoms. The number of carboxylic acid groups (broad SMARTS) is 1. The molecule has 146 valence electrons. The molecule has 1 aromatic heterocycles. The highest BCUT2D eigenvalue weighted by atomic mass is 19.1. The van der Waals surface area contributed by atoms with Crippen LogP contribution in [0.15, 0.2) is 36.8 Å². The third-order valence-corrected chi connectivity index (χ3v) is 4.35. The number of carboxylic acids is 1. The molecule has 0 aliphatic carbocycles. The van der Waals surface area contributed by atoms with Gasteiger partial charge in [-0.15, -0.1) is 0 Å². The van der Waals surface area contributed by atoms with Gasteiger partial charge in [-0.2, -0.15) is 0 Å². The van der Waals surface area contributed by atoms with Crippen molar-refractivity contribution in [2.45, 2.75) is 52.2 Å². The zero-order chi connectivity index (χ0) is 20.0. The monoisotopic (exact) mass is 375 g/mol. The summed E-state index contributed by atoms with van der Waals surface area (Å²) < 4.78 is 15.2. The fraction of sp³-hybridized carbons (Fsp3) is 0.450. The SMILES string of the molecule is CC(=O)C(CC(C)C)N[C@@H](Cc1cncn1Cc1cccc(F)c1)C(=O)O. The van der Waals surface area contributed by atoms with Crippen molar-refractivity contribution in [3.8, 4) is 0 Å². The lowest BCUT2D eigenvalue weighted by Gasteiger charge is -2.23. The number of nitrogens with one attached hydrogen (secondary N) is 1. The van der Waals surface area contributed by atoms with Crippen molar-refractivity contribution >= 4 is 11.8 Å². The Hall–Kier alpha value is -2.54. The highest BCUT2D eigenvalue weighted by Gasteiger charge is 2.26. The second kappa shape index (κ2) is 9.41. The molecule has 2 atom stereocenters. The number of hydrogen-bond donors (Lipinski definition) is 2. The number of rotatable bonds is 10. The second-order valence-electron chi connectivity index (χ2n) is 7.20. The second-order valence-corrected chi connectivity index (χ2v) is 7.20. The van der Waals surface area contributed by atoms with Crippen LogP contribution in [0.3, 0.4) is 0 Å². The zero-order valence-electron chi connectivity index (χ0n) is 15.9. The van der Waals surface area contributed by atoms with Gasteiger partial charge in [0.1, 0.15) is 17.6 Å². The summed E-state index contributed by atoms with van der Waals surface area (Å²) in [6.07, 6.45) is 3.94. The third kappa shape index (κ3) is 6.29. The Morgan fingerprint density at radius 3 is 2.63 bits per heavy atom. The Kier molecular flexibility index (Phi) is 7.24. The smallest absolute Gasteiger partial charge is 0.321 e. The number of nitrogens with zero attached hydrogens (tertiary/aromatic N) is 2. The maximum atomic E-state index is 13.4. The van der Waals surface area contributed by atoms with Gasteiger partial charge in [-0.05, 0) is 37.0 Å². The van der Waals surface area contributed by atoms with E-state index in [0.29, 0.717) is 18.7 Å². The van der Waals surface area contributed by atoms with Crippen molar-refractivity contribution in [1.29, 1.82) is 0 Å². The maximum Gasteiger partial charge on any atom is 0.321 e. The van der Waals surface area contributed by atoms with Gasteiger partial charge in [0, 0.05) is 24.9 Å². The average molecular weight is 375 g/mol. The fourth-order valence-corrected chi connectivity index (χ4v) is 2.98. The molecule has 0 radical (unpaired) electrons. The molecule has 1 aromatic carbocycles. The van der Waals surface area contributed by atoms with Gasteiger partial charge in [0.05, 0.1) is 12.4 Å². The van der Waals surface area contributed by atoms with Gasteiger partial charge in [0.25, 0.3) is 0 Å². The Bertz CT molecular complexity index is 788. The van der Waals surface area contributed by atoms with Crippen molar-refractivity contribution in [2.75, 3.05) is 0 Å². The predicted molar refractivity (Wildman–Crippen MR) is 99.9 cm³/mol. The fourth-order valence-electron chi connectivity index (χ4n) is 2.98. The van der Waals surface area contributed by atoms with Crippen molar-refractivity contribution in [3.63, 3.8) is 0 Å². The van der Waals surface area contributed by atoms with Gasteiger partial charge in [-0.25, -0.2) is 9.37 Å². The summed E-state index contributed by atoms with van der Waals surface area (Å²) in [4.78, 5) is 27.7. The molecule has 0 saturated carbocycles. The standard InChI is InChI=1S/C20H26FN3O3/c1-13(2)7-18(14(3)25)23-19(20(26)27)9-17-10-22-12-24(17)11-15-5-4-6-16(21)8-15/h4-6,8,10,12-13,18-19,23H,7,9,11H2,1-3H3,(H,26,27)/t18?,19-/m0/s1. The van der Waals surface area contributed by atoms with E-state index in [1.807, 2.05) is 13.8 Å². The van der Waals surface area contributed by atoms with Crippen LogP contribution in [0, 0.1) is 11.7 Å². The van der Waals surface area contributed by atoms with Crippen LogP contribution in [-0.2, 0) is 22.6 Å². The molecule has 0 fully saturated rings. The van der Waals surface area contributed by atoms with Crippen LogP contribution in [0.2, 0.25) is 0 Å². The van der Waals surface area contributed by atoms with Gasteiger partial charge >= 0.3 is 5.97 Å². The van der Waals surface area contributed by atoms with Crippen LogP contribution >= 0.6 is 0 Å². The molecule has 2 aromatic rings. The number of aliphatic carboxylic acids is 1. The van der Waals surface area contributed by atoms with E-state index in [1.165, 1.54) is 19.1 Å². The van der Waals surface area contributed by atoms with Gasteiger partial charge in [-0.1, -0.05) is 26.0 Å². The van der Waals surface area contributed by atoms with Crippen LogP contribution in [0.1, 0.15) is 38.4 Å². The Morgan fingerprint density at radius 2 is 2.04 bits per heavy atom. The molecule has 0 spiro atoms. The van der Waals surface area contributed by atoms with E-state index in [-0.39, 0.29) is 23.9 Å². The molecule has 2 rings (SSSR count). The molecule has 6 nitrogen and oxygen atoms in total. The van der Waals surface area contributed by atoms with Gasteiger partial charge in [-0.3, -0.25) is 14.9 Å². The number of Topliss-reactive ketones (excluding diaryl/α,β-unsaturated/α-hetero) is 1. The van der Waals surface area contributed by atoms with E-state index < -0.39 is 18.1 Å². The molecule has 0 aliphatic heterocycles. The van der Waals surface area contributed by atoms with E-state index in [2.05, 4.69) is 10.3 Å². The minimum atomic E-state index is -1.02. The van der Waals surface area contributed by atoms with E-state index in [9.17, 15) is 19.1 Å². The number of carbonyl (C=O) groups is 2. The Balaban J connectivity index is 2.14. The first-order valence-corrected chi connectivity index (χ1v) is 8.99. The molecule has 7 heteroatoms. The largest absolute Gasteiger partial charge is 0.480 e. The summed E-state index contributed by atoms with van der Waals surface area (Å²) in [6.45, 7) is 5.83. The third-order valence-electron chi connectivity index (χ3n) is 4.35. The van der Waals surface area contributed by atoms with Crippen LogP contribution in [0.25, 0.3) is 0 Å². The first kappa shape index (κ1) is 20.8. The number of aromatic nitrogens is 2. The van der Waals surface area contributed by atoms with Gasteiger partial charge in [0.2, 0.25) is 0 Å². The van der Waals surface area contributed by atoms with Crippen LogP contribution in [0.4, 0.5) is 4.39 Å². The molecular weight excluding hydrogens is 349 g/mol. The van der Waals surface area contributed by atoms with Crippen molar-refractivity contribution in [3.05, 3.63) is 53.9 Å². The number of ketones is 1. The van der Waals surface area contributed by atoms with E-state index >= 15 is 0 Å². The first-order chi connectivity index (χ1) is 12.8. The lowest BCUT2D eigenvalue weighted by Crippen LogP contribution is -2.48. The topological polar surface area (TPSA) is 84.2 Å². The van der Waals surface area contributed by atoms with E-state index in [4.69, 9.17) is 0 Å².